The van der Waals surface area contributed by atoms with Crippen molar-refractivity contribution in [1.29, 1.82) is 0 Å². The second-order valence-electron chi connectivity index (χ2n) is 3.92. The number of hydrogen-bond acceptors (Lipinski definition) is 6. The molecule has 0 aliphatic rings. The van der Waals surface area contributed by atoms with Crippen molar-refractivity contribution < 1.29 is 4.79 Å². The van der Waals surface area contributed by atoms with Crippen LogP contribution in [0, 0.1) is 0 Å². The first kappa shape index (κ1) is 13.4. The van der Waals surface area contributed by atoms with E-state index in [9.17, 15) is 4.79 Å². The quantitative estimate of drug-likeness (QED) is 0.872. The Morgan fingerprint density at radius 2 is 2.32 bits per heavy atom. The van der Waals surface area contributed by atoms with Gasteiger partial charge in [0, 0.05) is 18.9 Å². The first-order valence-electron chi connectivity index (χ1n) is 5.99. The Balaban J connectivity index is 2.00. The van der Waals surface area contributed by atoms with Crippen LogP contribution >= 0.6 is 11.3 Å². The molecule has 0 aliphatic carbocycles. The van der Waals surface area contributed by atoms with Crippen molar-refractivity contribution >= 4 is 22.4 Å². The van der Waals surface area contributed by atoms with Gasteiger partial charge in [-0.25, -0.2) is 0 Å². The second-order valence-corrected chi connectivity index (χ2v) is 4.90. The van der Waals surface area contributed by atoms with Gasteiger partial charge in [-0.2, -0.15) is 0 Å². The molecule has 1 atom stereocenters. The molecule has 1 amide bonds. The number of carbonyl (C=O) groups excluding carboxylic acids is 1. The van der Waals surface area contributed by atoms with Gasteiger partial charge in [0.2, 0.25) is 10.1 Å². The highest BCUT2D eigenvalue weighted by atomic mass is 32.1. The minimum Gasteiger partial charge on any atom is -0.360 e. The van der Waals surface area contributed by atoms with Gasteiger partial charge in [-0.3, -0.25) is 9.78 Å². The lowest BCUT2D eigenvalue weighted by Crippen LogP contribution is -2.26. The molecule has 100 valence electrons. The molecule has 0 fully saturated rings. The zero-order valence-corrected chi connectivity index (χ0v) is 11.6. The molecule has 0 saturated carbocycles. The van der Waals surface area contributed by atoms with Crippen LogP contribution in [0.5, 0.6) is 0 Å². The minimum atomic E-state index is -0.224. The predicted octanol–water partition coefficient (Wildman–Crippen LogP) is 1.86. The van der Waals surface area contributed by atoms with Gasteiger partial charge in [0.25, 0.3) is 5.91 Å². The van der Waals surface area contributed by atoms with Gasteiger partial charge in [0.15, 0.2) is 0 Å². The van der Waals surface area contributed by atoms with Crippen molar-refractivity contribution in [1.82, 2.24) is 20.5 Å². The molecule has 19 heavy (non-hydrogen) atoms. The minimum absolute atomic E-state index is 0.118. The van der Waals surface area contributed by atoms with E-state index >= 15 is 0 Å². The highest BCUT2D eigenvalue weighted by Gasteiger charge is 2.15. The van der Waals surface area contributed by atoms with Crippen molar-refractivity contribution in [2.24, 2.45) is 0 Å². The fraction of sp³-hybridized carbons (Fsp3) is 0.333. The Labute approximate surface area is 115 Å². The molecule has 2 N–H and O–H groups in total. The lowest BCUT2D eigenvalue weighted by molar-refractivity contribution is 0.0938. The topological polar surface area (TPSA) is 79.8 Å². The summed E-state index contributed by atoms with van der Waals surface area (Å²) >= 11 is 1.24. The Kier molecular flexibility index (Phi) is 4.40. The number of nitrogens with zero attached hydrogens (tertiary/aromatic N) is 3. The van der Waals surface area contributed by atoms with E-state index in [4.69, 9.17) is 0 Å². The third-order valence-corrected chi connectivity index (χ3v) is 3.36. The molecular formula is C12H15N5OS. The fourth-order valence-electron chi connectivity index (χ4n) is 1.51. The lowest BCUT2D eigenvalue weighted by Gasteiger charge is -2.12. The van der Waals surface area contributed by atoms with Gasteiger partial charge in [-0.15, -0.1) is 10.2 Å². The van der Waals surface area contributed by atoms with Crippen LogP contribution in [0.25, 0.3) is 0 Å². The molecular weight excluding hydrogens is 262 g/mol. The average molecular weight is 277 g/mol. The Bertz CT molecular complexity index is 542. The zero-order valence-electron chi connectivity index (χ0n) is 10.8. The summed E-state index contributed by atoms with van der Waals surface area (Å²) in [5.74, 6) is -0.224. The molecule has 0 bridgehead atoms. The molecule has 1 unspecified atom stereocenters. The van der Waals surface area contributed by atoms with Crippen LogP contribution in [-0.4, -0.2) is 27.6 Å². The first-order valence-corrected chi connectivity index (χ1v) is 6.80. The molecule has 0 aliphatic heterocycles. The number of carbonyl (C=O) groups is 1. The molecule has 7 heteroatoms. The Morgan fingerprint density at radius 1 is 1.47 bits per heavy atom. The molecule has 0 radical (unpaired) electrons. The van der Waals surface area contributed by atoms with E-state index in [-0.39, 0.29) is 11.9 Å². The molecule has 0 spiro atoms. The summed E-state index contributed by atoms with van der Waals surface area (Å²) in [5, 5.41) is 14.7. The molecule has 2 aromatic rings. The summed E-state index contributed by atoms with van der Waals surface area (Å²) in [7, 11) is 0. The third-order valence-electron chi connectivity index (χ3n) is 2.48. The number of anilines is 1. The van der Waals surface area contributed by atoms with E-state index in [1.165, 1.54) is 11.3 Å². The van der Waals surface area contributed by atoms with Crippen LogP contribution in [0.2, 0.25) is 0 Å². The summed E-state index contributed by atoms with van der Waals surface area (Å²) in [5.41, 5.74) is 0.951. The maximum Gasteiger partial charge on any atom is 0.282 e. The second kappa shape index (κ2) is 6.24. The van der Waals surface area contributed by atoms with E-state index in [0.717, 1.165) is 12.1 Å². The smallest absolute Gasteiger partial charge is 0.282 e. The van der Waals surface area contributed by atoms with Crippen molar-refractivity contribution in [2.75, 3.05) is 11.9 Å². The number of amides is 1. The van der Waals surface area contributed by atoms with E-state index in [1.807, 2.05) is 26.0 Å². The summed E-state index contributed by atoms with van der Waals surface area (Å²) in [6.07, 6.45) is 3.43. The summed E-state index contributed by atoms with van der Waals surface area (Å²) in [6.45, 7) is 4.62. The molecule has 2 aromatic heterocycles. The monoisotopic (exact) mass is 277 g/mol. The van der Waals surface area contributed by atoms with Crippen LogP contribution in [0.1, 0.15) is 35.3 Å². The Hall–Kier alpha value is -2.02. The van der Waals surface area contributed by atoms with Gasteiger partial charge < -0.3 is 10.6 Å². The van der Waals surface area contributed by atoms with Gasteiger partial charge in [0.1, 0.15) is 0 Å². The maximum absolute atomic E-state index is 12.0. The van der Waals surface area contributed by atoms with Crippen LogP contribution < -0.4 is 10.6 Å². The maximum atomic E-state index is 12.0. The normalized spacial score (nSPS) is 11.9. The molecule has 6 nitrogen and oxygen atoms in total. The number of nitrogens with one attached hydrogen (secondary N) is 2. The molecule has 0 saturated heterocycles. The lowest BCUT2D eigenvalue weighted by atomic mass is 10.1. The summed E-state index contributed by atoms with van der Waals surface area (Å²) in [6, 6.07) is 3.64. The van der Waals surface area contributed by atoms with Crippen LogP contribution in [0.3, 0.4) is 0 Å². The highest BCUT2D eigenvalue weighted by molar-refractivity contribution is 7.17. The summed E-state index contributed by atoms with van der Waals surface area (Å²) < 4.78 is 0. The number of hydrogen-bond donors (Lipinski definition) is 2. The third kappa shape index (κ3) is 3.47. The van der Waals surface area contributed by atoms with E-state index in [2.05, 4.69) is 25.8 Å². The average Bonchev–Trinajstić information content (AvgIpc) is 2.89. The van der Waals surface area contributed by atoms with E-state index < -0.39 is 0 Å². The Morgan fingerprint density at radius 3 is 3.00 bits per heavy atom. The summed E-state index contributed by atoms with van der Waals surface area (Å²) in [4.78, 5) is 16.0. The van der Waals surface area contributed by atoms with Gasteiger partial charge in [-0.1, -0.05) is 17.4 Å². The zero-order chi connectivity index (χ0) is 13.7. The van der Waals surface area contributed by atoms with Gasteiger partial charge in [-0.05, 0) is 25.5 Å². The van der Waals surface area contributed by atoms with Gasteiger partial charge >= 0.3 is 0 Å². The van der Waals surface area contributed by atoms with Crippen molar-refractivity contribution in [3.63, 3.8) is 0 Å². The first-order chi connectivity index (χ1) is 9.20. The highest BCUT2D eigenvalue weighted by Crippen LogP contribution is 2.16. The van der Waals surface area contributed by atoms with Crippen molar-refractivity contribution in [3.05, 3.63) is 35.1 Å². The van der Waals surface area contributed by atoms with E-state index in [0.29, 0.717) is 10.1 Å². The molecule has 2 heterocycles. The van der Waals surface area contributed by atoms with Crippen LogP contribution in [0.15, 0.2) is 24.5 Å². The van der Waals surface area contributed by atoms with Crippen LogP contribution in [0.4, 0.5) is 5.13 Å². The largest absolute Gasteiger partial charge is 0.360 e. The SMILES string of the molecule is CCNc1nnc(C(=O)NC(C)c2cccnc2)s1. The van der Waals surface area contributed by atoms with Gasteiger partial charge in [0.05, 0.1) is 6.04 Å². The van der Waals surface area contributed by atoms with Crippen molar-refractivity contribution in [3.8, 4) is 0 Å². The number of pyridine rings is 1. The number of rotatable bonds is 5. The molecule has 2 rings (SSSR count). The predicted molar refractivity (Wildman–Crippen MR) is 74.2 cm³/mol. The van der Waals surface area contributed by atoms with Crippen LogP contribution in [-0.2, 0) is 0 Å². The van der Waals surface area contributed by atoms with E-state index in [1.54, 1.807) is 12.4 Å². The standard InChI is InChI=1S/C12H15N5OS/c1-3-14-12-17-16-11(19-12)10(18)15-8(2)9-5-4-6-13-7-9/h4-8H,3H2,1-2H3,(H,14,17)(H,15,18). The molecule has 0 aromatic carbocycles. The van der Waals surface area contributed by atoms with Crippen molar-refractivity contribution in [2.45, 2.75) is 19.9 Å². The number of aromatic nitrogens is 3. The fourth-order valence-corrected chi connectivity index (χ4v) is 2.23.